The van der Waals surface area contributed by atoms with Crippen molar-refractivity contribution in [1.82, 2.24) is 0 Å². The highest BCUT2D eigenvalue weighted by Gasteiger charge is 2.16. The third-order valence-corrected chi connectivity index (χ3v) is 2.63. The molecule has 0 heterocycles. The highest BCUT2D eigenvalue weighted by molar-refractivity contribution is 5.43. The number of rotatable bonds is 5. The Morgan fingerprint density at radius 3 is 2.38 bits per heavy atom. The summed E-state index contributed by atoms with van der Waals surface area (Å²) in [5, 5.41) is 9.67. The molecule has 2 atom stereocenters. The van der Waals surface area contributed by atoms with Crippen LogP contribution in [-0.2, 0) is 0 Å². The van der Waals surface area contributed by atoms with Crippen molar-refractivity contribution in [3.8, 4) is 11.5 Å². The largest absolute Gasteiger partial charge is 0.493 e. The van der Waals surface area contributed by atoms with Crippen molar-refractivity contribution in [2.75, 3.05) is 14.2 Å². The fourth-order valence-corrected chi connectivity index (χ4v) is 1.54. The molecule has 4 heteroatoms. The molecule has 3 N–H and O–H groups in total. The second-order valence-electron chi connectivity index (χ2n) is 3.62. The lowest BCUT2D eigenvalue weighted by Gasteiger charge is -2.19. The van der Waals surface area contributed by atoms with Crippen LogP contribution in [0.25, 0.3) is 0 Å². The second kappa shape index (κ2) is 5.72. The molecule has 0 bridgehead atoms. The van der Waals surface area contributed by atoms with Crippen LogP contribution in [0.5, 0.6) is 11.5 Å². The predicted molar refractivity (Wildman–Crippen MR) is 62.8 cm³/mol. The van der Waals surface area contributed by atoms with E-state index in [-0.39, 0.29) is 0 Å². The van der Waals surface area contributed by atoms with Gasteiger partial charge >= 0.3 is 0 Å². The maximum atomic E-state index is 9.67. The van der Waals surface area contributed by atoms with Gasteiger partial charge in [-0.25, -0.2) is 0 Å². The number of aliphatic hydroxyl groups is 1. The average molecular weight is 225 g/mol. The first-order valence-electron chi connectivity index (χ1n) is 5.29. The number of benzene rings is 1. The Kier molecular flexibility index (Phi) is 4.58. The van der Waals surface area contributed by atoms with E-state index in [1.54, 1.807) is 26.4 Å². The monoisotopic (exact) mass is 225 g/mol. The summed E-state index contributed by atoms with van der Waals surface area (Å²) in [6.45, 7) is 1.89. The Bertz CT molecular complexity index is 341. The van der Waals surface area contributed by atoms with Gasteiger partial charge in [-0.05, 0) is 24.1 Å². The van der Waals surface area contributed by atoms with Gasteiger partial charge in [0.05, 0.1) is 26.4 Å². The van der Waals surface area contributed by atoms with Gasteiger partial charge in [-0.3, -0.25) is 0 Å². The van der Waals surface area contributed by atoms with E-state index in [0.29, 0.717) is 17.9 Å². The van der Waals surface area contributed by atoms with Crippen molar-refractivity contribution in [3.63, 3.8) is 0 Å². The van der Waals surface area contributed by atoms with E-state index in [9.17, 15) is 5.11 Å². The van der Waals surface area contributed by atoms with Gasteiger partial charge < -0.3 is 20.3 Å². The van der Waals surface area contributed by atoms with Crippen LogP contribution in [0.2, 0.25) is 0 Å². The molecule has 0 spiro atoms. The highest BCUT2D eigenvalue weighted by Crippen LogP contribution is 2.30. The summed E-state index contributed by atoms with van der Waals surface area (Å²) in [6, 6.07) is 5.02. The summed E-state index contributed by atoms with van der Waals surface area (Å²) in [7, 11) is 3.15. The molecule has 0 saturated carbocycles. The summed E-state index contributed by atoms with van der Waals surface area (Å²) >= 11 is 0. The molecule has 0 aliphatic heterocycles. The Morgan fingerprint density at radius 2 is 1.88 bits per heavy atom. The number of hydrogen-bond donors (Lipinski definition) is 2. The van der Waals surface area contributed by atoms with Crippen molar-refractivity contribution in [1.29, 1.82) is 0 Å². The van der Waals surface area contributed by atoms with Crippen LogP contribution in [-0.4, -0.2) is 25.4 Å². The summed E-state index contributed by atoms with van der Waals surface area (Å²) < 4.78 is 10.3. The number of hydrogen-bond acceptors (Lipinski definition) is 4. The second-order valence-corrected chi connectivity index (χ2v) is 3.62. The zero-order valence-corrected chi connectivity index (χ0v) is 9.93. The molecule has 90 valence electrons. The van der Waals surface area contributed by atoms with Crippen molar-refractivity contribution in [2.45, 2.75) is 25.5 Å². The van der Waals surface area contributed by atoms with Crippen LogP contribution in [0.4, 0.5) is 0 Å². The van der Waals surface area contributed by atoms with Crippen molar-refractivity contribution in [3.05, 3.63) is 23.8 Å². The summed E-state index contributed by atoms with van der Waals surface area (Å²) in [4.78, 5) is 0. The zero-order valence-electron chi connectivity index (χ0n) is 9.93. The minimum Gasteiger partial charge on any atom is -0.493 e. The smallest absolute Gasteiger partial charge is 0.161 e. The van der Waals surface area contributed by atoms with Gasteiger partial charge in [0, 0.05) is 0 Å². The van der Waals surface area contributed by atoms with Crippen LogP contribution >= 0.6 is 0 Å². The van der Waals surface area contributed by atoms with E-state index in [2.05, 4.69) is 0 Å². The molecule has 16 heavy (non-hydrogen) atoms. The molecule has 0 aliphatic rings. The number of aliphatic hydroxyl groups excluding tert-OH is 1. The fourth-order valence-electron chi connectivity index (χ4n) is 1.54. The Labute approximate surface area is 96.0 Å². The summed E-state index contributed by atoms with van der Waals surface area (Å²) in [6.07, 6.45) is 0.0771. The third-order valence-electron chi connectivity index (χ3n) is 2.63. The molecule has 0 aromatic heterocycles. The van der Waals surface area contributed by atoms with Crippen molar-refractivity contribution >= 4 is 0 Å². The number of nitrogens with two attached hydrogens (primary N) is 1. The Balaban J connectivity index is 2.98. The number of ether oxygens (including phenoxy) is 2. The van der Waals surface area contributed by atoms with Crippen LogP contribution in [0.1, 0.15) is 24.9 Å². The predicted octanol–water partition coefficient (Wildman–Crippen LogP) is 1.47. The van der Waals surface area contributed by atoms with E-state index >= 15 is 0 Å². The van der Waals surface area contributed by atoms with Crippen molar-refractivity contribution in [2.24, 2.45) is 5.73 Å². The molecule has 1 aromatic carbocycles. The molecular formula is C12H19NO3. The first-order valence-corrected chi connectivity index (χ1v) is 5.29. The first-order chi connectivity index (χ1) is 7.63. The molecular weight excluding hydrogens is 206 g/mol. The molecule has 0 aliphatic carbocycles. The lowest BCUT2D eigenvalue weighted by Crippen LogP contribution is -2.25. The van der Waals surface area contributed by atoms with Gasteiger partial charge in [-0.1, -0.05) is 13.0 Å². The Hall–Kier alpha value is -1.26. The molecule has 0 saturated heterocycles. The minimum atomic E-state index is -0.543. The highest BCUT2D eigenvalue weighted by atomic mass is 16.5. The Morgan fingerprint density at radius 1 is 1.25 bits per heavy atom. The first kappa shape index (κ1) is 12.8. The van der Waals surface area contributed by atoms with Crippen LogP contribution < -0.4 is 15.2 Å². The summed E-state index contributed by atoms with van der Waals surface area (Å²) in [5.41, 5.74) is 6.76. The van der Waals surface area contributed by atoms with Gasteiger partial charge in [-0.2, -0.15) is 0 Å². The quantitative estimate of drug-likeness (QED) is 0.796. The summed E-state index contributed by atoms with van der Waals surface area (Å²) in [5.74, 6) is 1.28. The van der Waals surface area contributed by atoms with Crippen LogP contribution in [0.3, 0.4) is 0 Å². The lowest BCUT2D eigenvalue weighted by molar-refractivity contribution is 0.140. The maximum Gasteiger partial charge on any atom is 0.161 e. The van der Waals surface area contributed by atoms with Gasteiger partial charge in [0.15, 0.2) is 11.5 Å². The van der Waals surface area contributed by atoms with Crippen LogP contribution in [0, 0.1) is 0 Å². The molecule has 0 fully saturated rings. The van der Waals surface area contributed by atoms with E-state index in [1.807, 2.05) is 13.0 Å². The van der Waals surface area contributed by atoms with E-state index in [1.165, 1.54) is 0 Å². The molecule has 0 unspecified atom stereocenters. The SMILES string of the molecule is CC[C@@H](O)[C@@H](N)c1ccc(OC)c(OC)c1. The van der Waals surface area contributed by atoms with Crippen LogP contribution in [0.15, 0.2) is 18.2 Å². The van der Waals surface area contributed by atoms with E-state index in [4.69, 9.17) is 15.2 Å². The third kappa shape index (κ3) is 2.65. The maximum absolute atomic E-state index is 9.67. The molecule has 1 rings (SSSR count). The van der Waals surface area contributed by atoms with Gasteiger partial charge in [0.1, 0.15) is 0 Å². The molecule has 0 amide bonds. The van der Waals surface area contributed by atoms with Gasteiger partial charge in [0.25, 0.3) is 0 Å². The van der Waals surface area contributed by atoms with Gasteiger partial charge in [-0.15, -0.1) is 0 Å². The standard InChI is InChI=1S/C12H19NO3/c1-4-9(14)12(13)8-5-6-10(15-2)11(7-8)16-3/h5-7,9,12,14H,4,13H2,1-3H3/t9-,12+/m1/s1. The molecule has 0 radical (unpaired) electrons. The fraction of sp³-hybridized carbons (Fsp3) is 0.500. The average Bonchev–Trinajstić information content (AvgIpc) is 2.35. The van der Waals surface area contributed by atoms with E-state index in [0.717, 1.165) is 5.56 Å². The number of methoxy groups -OCH3 is 2. The lowest BCUT2D eigenvalue weighted by atomic mass is 10.0. The molecule has 1 aromatic rings. The minimum absolute atomic E-state index is 0.398. The normalized spacial score (nSPS) is 14.3. The van der Waals surface area contributed by atoms with Gasteiger partial charge in [0.2, 0.25) is 0 Å². The molecule has 4 nitrogen and oxygen atoms in total. The topological polar surface area (TPSA) is 64.7 Å². The van der Waals surface area contributed by atoms with E-state index < -0.39 is 12.1 Å². The van der Waals surface area contributed by atoms with Crippen molar-refractivity contribution < 1.29 is 14.6 Å². The zero-order chi connectivity index (χ0) is 12.1.